The number of furan rings is 1. The largest absolute Gasteiger partial charge is 0.452 e. The predicted molar refractivity (Wildman–Crippen MR) is 69.9 cm³/mol. The summed E-state index contributed by atoms with van der Waals surface area (Å²) in [5.41, 5.74) is 0.659. The zero-order chi connectivity index (χ0) is 12.4. The number of hydrogen-bond acceptors (Lipinski definition) is 2. The lowest BCUT2D eigenvalue weighted by Crippen LogP contribution is -2.05. The Bertz CT molecular complexity index is 529. The minimum absolute atomic E-state index is 0.0538. The highest BCUT2D eigenvalue weighted by atomic mass is 79.9. The van der Waals surface area contributed by atoms with Crippen LogP contribution in [0.25, 0.3) is 0 Å². The van der Waals surface area contributed by atoms with Crippen LogP contribution in [0.2, 0.25) is 5.02 Å². The molecule has 90 valence electrons. The number of nitrogens with one attached hydrogen (secondary N) is 1. The zero-order valence-electron chi connectivity index (χ0n) is 9.01. The third kappa shape index (κ3) is 3.01. The standard InChI is InChI=1S/C12H10BrClFNO/c1-7(11-4-5-12(13)17-11)16-8-2-3-9(14)10(15)6-8/h2-7,16H,1H3. The Morgan fingerprint density at radius 3 is 2.71 bits per heavy atom. The molecule has 0 aliphatic carbocycles. The number of rotatable bonds is 3. The number of anilines is 1. The van der Waals surface area contributed by atoms with Gasteiger partial charge in [0.1, 0.15) is 11.6 Å². The molecular formula is C12H10BrClFNO. The summed E-state index contributed by atoms with van der Waals surface area (Å²) in [7, 11) is 0. The normalized spacial score (nSPS) is 12.5. The summed E-state index contributed by atoms with van der Waals surface area (Å²) in [6.45, 7) is 1.93. The molecule has 0 spiro atoms. The van der Waals surface area contributed by atoms with E-state index < -0.39 is 5.82 Å². The van der Waals surface area contributed by atoms with Crippen LogP contribution in [0, 0.1) is 5.82 Å². The van der Waals surface area contributed by atoms with Gasteiger partial charge in [0.2, 0.25) is 0 Å². The van der Waals surface area contributed by atoms with Gasteiger partial charge in [-0.1, -0.05) is 11.6 Å². The van der Waals surface area contributed by atoms with E-state index in [1.807, 2.05) is 19.1 Å². The highest BCUT2D eigenvalue weighted by molar-refractivity contribution is 9.10. The molecule has 1 heterocycles. The van der Waals surface area contributed by atoms with Crippen LogP contribution in [-0.2, 0) is 0 Å². The summed E-state index contributed by atoms with van der Waals surface area (Å²) >= 11 is 8.85. The molecule has 0 saturated carbocycles. The Hall–Kier alpha value is -1.000. The van der Waals surface area contributed by atoms with E-state index in [0.29, 0.717) is 10.4 Å². The van der Waals surface area contributed by atoms with E-state index in [9.17, 15) is 4.39 Å². The van der Waals surface area contributed by atoms with Crippen LogP contribution in [0.5, 0.6) is 0 Å². The summed E-state index contributed by atoms with van der Waals surface area (Å²) in [6.07, 6.45) is 0. The van der Waals surface area contributed by atoms with Gasteiger partial charge in [0.25, 0.3) is 0 Å². The second kappa shape index (κ2) is 5.10. The first kappa shape index (κ1) is 12.5. The highest BCUT2D eigenvalue weighted by Crippen LogP contribution is 2.25. The third-order valence-electron chi connectivity index (χ3n) is 2.32. The van der Waals surface area contributed by atoms with Crippen molar-refractivity contribution in [1.29, 1.82) is 0 Å². The Labute approximate surface area is 112 Å². The highest BCUT2D eigenvalue weighted by Gasteiger charge is 2.10. The summed E-state index contributed by atoms with van der Waals surface area (Å²) in [6, 6.07) is 8.21. The molecule has 1 aromatic carbocycles. The van der Waals surface area contributed by atoms with Crippen molar-refractivity contribution in [3.8, 4) is 0 Å². The van der Waals surface area contributed by atoms with Crippen molar-refractivity contribution in [2.45, 2.75) is 13.0 Å². The maximum Gasteiger partial charge on any atom is 0.169 e. The molecule has 0 amide bonds. The molecule has 0 aliphatic heterocycles. The minimum Gasteiger partial charge on any atom is -0.452 e. The van der Waals surface area contributed by atoms with Crippen molar-refractivity contribution in [2.24, 2.45) is 0 Å². The molecule has 0 bridgehead atoms. The van der Waals surface area contributed by atoms with Gasteiger partial charge in [0.05, 0.1) is 11.1 Å². The third-order valence-corrected chi connectivity index (χ3v) is 3.06. The minimum atomic E-state index is -0.440. The van der Waals surface area contributed by atoms with E-state index in [1.54, 1.807) is 6.07 Å². The molecule has 17 heavy (non-hydrogen) atoms. The molecule has 0 fully saturated rings. The maximum atomic E-state index is 13.2. The van der Waals surface area contributed by atoms with Gasteiger partial charge in [0, 0.05) is 5.69 Å². The summed E-state index contributed by atoms with van der Waals surface area (Å²) in [5, 5.41) is 3.24. The number of benzene rings is 1. The zero-order valence-corrected chi connectivity index (χ0v) is 11.3. The first-order valence-electron chi connectivity index (χ1n) is 5.03. The van der Waals surface area contributed by atoms with Crippen molar-refractivity contribution >= 4 is 33.2 Å². The Kier molecular flexibility index (Phi) is 3.74. The average Bonchev–Trinajstić information content (AvgIpc) is 2.70. The van der Waals surface area contributed by atoms with Crippen molar-refractivity contribution < 1.29 is 8.81 Å². The molecule has 1 N–H and O–H groups in total. The smallest absolute Gasteiger partial charge is 0.169 e. The van der Waals surface area contributed by atoms with Gasteiger partial charge in [-0.15, -0.1) is 0 Å². The van der Waals surface area contributed by atoms with Crippen molar-refractivity contribution in [3.63, 3.8) is 0 Å². The van der Waals surface area contributed by atoms with Gasteiger partial charge in [-0.2, -0.15) is 0 Å². The van der Waals surface area contributed by atoms with Crippen LogP contribution in [0.15, 0.2) is 39.4 Å². The Morgan fingerprint density at radius 2 is 2.12 bits per heavy atom. The molecule has 0 saturated heterocycles. The quantitative estimate of drug-likeness (QED) is 0.860. The molecule has 1 aromatic heterocycles. The fourth-order valence-electron chi connectivity index (χ4n) is 1.47. The lowest BCUT2D eigenvalue weighted by Gasteiger charge is -2.13. The van der Waals surface area contributed by atoms with Crippen LogP contribution >= 0.6 is 27.5 Å². The fourth-order valence-corrected chi connectivity index (χ4v) is 1.90. The summed E-state index contributed by atoms with van der Waals surface area (Å²) in [5.74, 6) is 0.330. The lowest BCUT2D eigenvalue weighted by atomic mass is 10.2. The fraction of sp³-hybridized carbons (Fsp3) is 0.167. The molecular weight excluding hydrogens is 308 g/mol. The molecule has 1 unspecified atom stereocenters. The van der Waals surface area contributed by atoms with Gasteiger partial charge in [0.15, 0.2) is 4.67 Å². The Balaban J connectivity index is 2.12. The molecule has 2 rings (SSSR count). The number of hydrogen-bond donors (Lipinski definition) is 1. The van der Waals surface area contributed by atoms with Gasteiger partial charge >= 0.3 is 0 Å². The Morgan fingerprint density at radius 1 is 1.35 bits per heavy atom. The van der Waals surface area contributed by atoms with E-state index in [4.69, 9.17) is 16.0 Å². The molecule has 5 heteroatoms. The van der Waals surface area contributed by atoms with Gasteiger partial charge < -0.3 is 9.73 Å². The first-order chi connectivity index (χ1) is 8.06. The second-order valence-electron chi connectivity index (χ2n) is 3.64. The summed E-state index contributed by atoms with van der Waals surface area (Å²) in [4.78, 5) is 0. The first-order valence-corrected chi connectivity index (χ1v) is 6.20. The van der Waals surface area contributed by atoms with E-state index in [2.05, 4.69) is 21.2 Å². The van der Waals surface area contributed by atoms with E-state index in [1.165, 1.54) is 12.1 Å². The lowest BCUT2D eigenvalue weighted by molar-refractivity contribution is 0.471. The van der Waals surface area contributed by atoms with E-state index in [-0.39, 0.29) is 11.1 Å². The molecule has 2 aromatic rings. The van der Waals surface area contributed by atoms with Gasteiger partial charge in [-0.3, -0.25) is 0 Å². The van der Waals surface area contributed by atoms with Crippen LogP contribution < -0.4 is 5.32 Å². The van der Waals surface area contributed by atoms with Gasteiger partial charge in [-0.05, 0) is 53.2 Å². The van der Waals surface area contributed by atoms with Crippen molar-refractivity contribution in [3.05, 3.63) is 51.6 Å². The van der Waals surface area contributed by atoms with E-state index >= 15 is 0 Å². The SMILES string of the molecule is CC(Nc1ccc(Cl)c(F)c1)c1ccc(Br)o1. The van der Waals surface area contributed by atoms with Crippen molar-refractivity contribution in [1.82, 2.24) is 0 Å². The van der Waals surface area contributed by atoms with Crippen LogP contribution in [0.1, 0.15) is 18.7 Å². The number of halogens is 3. The van der Waals surface area contributed by atoms with Crippen LogP contribution in [0.4, 0.5) is 10.1 Å². The van der Waals surface area contributed by atoms with E-state index in [0.717, 1.165) is 5.76 Å². The topological polar surface area (TPSA) is 25.2 Å². The molecule has 0 radical (unpaired) electrons. The average molecular weight is 319 g/mol. The van der Waals surface area contributed by atoms with Gasteiger partial charge in [-0.25, -0.2) is 4.39 Å². The molecule has 0 aliphatic rings. The van der Waals surface area contributed by atoms with Crippen molar-refractivity contribution in [2.75, 3.05) is 5.32 Å². The van der Waals surface area contributed by atoms with Crippen LogP contribution in [-0.4, -0.2) is 0 Å². The monoisotopic (exact) mass is 317 g/mol. The summed E-state index contributed by atoms with van der Waals surface area (Å²) < 4.78 is 19.3. The predicted octanol–water partition coefficient (Wildman–Crippen LogP) is 5.01. The second-order valence-corrected chi connectivity index (χ2v) is 4.83. The molecule has 1 atom stereocenters. The molecule has 2 nitrogen and oxygen atoms in total. The maximum absolute atomic E-state index is 13.2. The van der Waals surface area contributed by atoms with Crippen LogP contribution in [0.3, 0.4) is 0 Å².